The van der Waals surface area contributed by atoms with Gasteiger partial charge in [0.2, 0.25) is 0 Å². The third-order valence-electron chi connectivity index (χ3n) is 3.71. The van der Waals surface area contributed by atoms with Crippen molar-refractivity contribution >= 4 is 34.6 Å². The minimum Gasteiger partial charge on any atom is -0.494 e. The zero-order chi connectivity index (χ0) is 17.6. The van der Waals surface area contributed by atoms with E-state index < -0.39 is 0 Å². The van der Waals surface area contributed by atoms with Gasteiger partial charge in [-0.3, -0.25) is 4.79 Å². The van der Waals surface area contributed by atoms with Gasteiger partial charge in [0.15, 0.2) is 5.17 Å². The molecule has 2 aromatic rings. The smallest absolute Gasteiger partial charge is 0.264 e. The molecule has 1 saturated heterocycles. The zero-order valence-electron chi connectivity index (χ0n) is 14.3. The first-order valence-electron chi connectivity index (χ1n) is 8.29. The van der Waals surface area contributed by atoms with Crippen LogP contribution >= 0.6 is 11.8 Å². The monoisotopic (exact) mass is 352 g/mol. The normalized spacial score (nSPS) is 17.1. The molecule has 0 radical (unpaired) electrons. The Kier molecular flexibility index (Phi) is 5.56. The molecule has 1 aliphatic heterocycles. The SMILES string of the molecule is CCOc1ccc(N=C2NC(=O)/C(=C/c3ccc(CC)cc3)S2)cc1. The molecular formula is C20H20N2O2S. The molecule has 128 valence electrons. The van der Waals surface area contributed by atoms with Gasteiger partial charge in [0, 0.05) is 0 Å². The zero-order valence-corrected chi connectivity index (χ0v) is 15.1. The third kappa shape index (κ3) is 4.51. The molecule has 0 saturated carbocycles. The predicted molar refractivity (Wildman–Crippen MR) is 104 cm³/mol. The number of nitrogens with one attached hydrogen (secondary N) is 1. The van der Waals surface area contributed by atoms with Crippen molar-refractivity contribution in [3.8, 4) is 5.75 Å². The predicted octanol–water partition coefficient (Wildman–Crippen LogP) is 4.54. The van der Waals surface area contributed by atoms with Gasteiger partial charge < -0.3 is 10.1 Å². The Balaban J connectivity index is 1.73. The number of amides is 1. The number of aryl methyl sites for hydroxylation is 1. The third-order valence-corrected chi connectivity index (χ3v) is 4.62. The van der Waals surface area contributed by atoms with Crippen LogP contribution in [0.4, 0.5) is 5.69 Å². The number of hydrogen-bond donors (Lipinski definition) is 1. The molecule has 0 aliphatic carbocycles. The Morgan fingerprint density at radius 1 is 1.08 bits per heavy atom. The summed E-state index contributed by atoms with van der Waals surface area (Å²) >= 11 is 1.35. The van der Waals surface area contributed by atoms with Crippen molar-refractivity contribution in [2.45, 2.75) is 20.3 Å². The topological polar surface area (TPSA) is 50.7 Å². The summed E-state index contributed by atoms with van der Waals surface area (Å²) in [5.74, 6) is 0.694. The Hall–Kier alpha value is -2.53. The van der Waals surface area contributed by atoms with Crippen LogP contribution in [0.15, 0.2) is 58.4 Å². The van der Waals surface area contributed by atoms with Crippen molar-refractivity contribution in [2.75, 3.05) is 6.61 Å². The molecule has 1 aliphatic rings. The number of carbonyl (C=O) groups excluding carboxylic acids is 1. The number of nitrogens with zero attached hydrogens (tertiary/aromatic N) is 1. The molecule has 0 atom stereocenters. The van der Waals surface area contributed by atoms with Crippen molar-refractivity contribution in [2.24, 2.45) is 4.99 Å². The molecule has 3 rings (SSSR count). The maximum Gasteiger partial charge on any atom is 0.264 e. The number of aliphatic imine (C=N–C) groups is 1. The van der Waals surface area contributed by atoms with Crippen molar-refractivity contribution in [1.82, 2.24) is 5.32 Å². The van der Waals surface area contributed by atoms with Gasteiger partial charge in [0.1, 0.15) is 5.75 Å². The maximum atomic E-state index is 12.1. The van der Waals surface area contributed by atoms with Gasteiger partial charge in [-0.15, -0.1) is 0 Å². The van der Waals surface area contributed by atoms with E-state index in [-0.39, 0.29) is 5.91 Å². The van der Waals surface area contributed by atoms with Crippen molar-refractivity contribution < 1.29 is 9.53 Å². The summed E-state index contributed by atoms with van der Waals surface area (Å²) in [6.07, 6.45) is 2.89. The van der Waals surface area contributed by atoms with E-state index in [1.54, 1.807) is 0 Å². The maximum absolute atomic E-state index is 12.1. The summed E-state index contributed by atoms with van der Waals surface area (Å²) in [7, 11) is 0. The minimum absolute atomic E-state index is 0.116. The minimum atomic E-state index is -0.116. The van der Waals surface area contributed by atoms with E-state index in [9.17, 15) is 4.79 Å². The lowest BCUT2D eigenvalue weighted by atomic mass is 10.1. The molecule has 0 aromatic heterocycles. The van der Waals surface area contributed by atoms with Crippen molar-refractivity contribution in [1.29, 1.82) is 0 Å². The number of hydrogen-bond acceptors (Lipinski definition) is 4. The van der Waals surface area contributed by atoms with Crippen LogP contribution in [0.25, 0.3) is 6.08 Å². The van der Waals surface area contributed by atoms with Crippen LogP contribution in [0.3, 0.4) is 0 Å². The number of rotatable bonds is 5. The van der Waals surface area contributed by atoms with Gasteiger partial charge in [-0.1, -0.05) is 31.2 Å². The fraction of sp³-hybridized carbons (Fsp3) is 0.200. The largest absolute Gasteiger partial charge is 0.494 e. The summed E-state index contributed by atoms with van der Waals surface area (Å²) in [6.45, 7) is 4.70. The van der Waals surface area contributed by atoms with E-state index >= 15 is 0 Å². The van der Waals surface area contributed by atoms with E-state index in [1.807, 2.05) is 49.4 Å². The van der Waals surface area contributed by atoms with Gasteiger partial charge in [-0.05, 0) is 66.6 Å². The van der Waals surface area contributed by atoms with E-state index in [1.165, 1.54) is 17.3 Å². The highest BCUT2D eigenvalue weighted by molar-refractivity contribution is 8.18. The number of amidine groups is 1. The highest BCUT2D eigenvalue weighted by Crippen LogP contribution is 2.28. The highest BCUT2D eigenvalue weighted by atomic mass is 32.2. The van der Waals surface area contributed by atoms with Crippen molar-refractivity contribution in [3.63, 3.8) is 0 Å². The summed E-state index contributed by atoms with van der Waals surface area (Å²) in [5.41, 5.74) is 3.07. The number of thioether (sulfide) groups is 1. The molecule has 4 nitrogen and oxygen atoms in total. The molecule has 2 aromatic carbocycles. The van der Waals surface area contributed by atoms with Crippen LogP contribution in [0.5, 0.6) is 5.75 Å². The van der Waals surface area contributed by atoms with Crippen LogP contribution in [-0.2, 0) is 11.2 Å². The van der Waals surface area contributed by atoms with E-state index in [0.717, 1.165) is 23.4 Å². The number of benzene rings is 2. The molecule has 1 amide bonds. The Morgan fingerprint density at radius 3 is 2.44 bits per heavy atom. The molecule has 0 spiro atoms. The van der Waals surface area contributed by atoms with Gasteiger partial charge in [-0.2, -0.15) is 0 Å². The second kappa shape index (κ2) is 8.03. The van der Waals surface area contributed by atoms with E-state index in [0.29, 0.717) is 16.7 Å². The summed E-state index contributed by atoms with van der Waals surface area (Å²) in [5, 5.41) is 3.40. The lowest BCUT2D eigenvalue weighted by Gasteiger charge is -2.02. The summed E-state index contributed by atoms with van der Waals surface area (Å²) < 4.78 is 5.42. The first-order valence-corrected chi connectivity index (χ1v) is 9.11. The van der Waals surface area contributed by atoms with Gasteiger partial charge in [0.05, 0.1) is 17.2 Å². The van der Waals surface area contributed by atoms with E-state index in [4.69, 9.17) is 4.74 Å². The van der Waals surface area contributed by atoms with E-state index in [2.05, 4.69) is 29.4 Å². The van der Waals surface area contributed by atoms with Crippen molar-refractivity contribution in [3.05, 3.63) is 64.6 Å². The Bertz CT molecular complexity index is 809. The Labute approximate surface area is 152 Å². The fourth-order valence-corrected chi connectivity index (χ4v) is 3.22. The average Bonchev–Trinajstić information content (AvgIpc) is 2.97. The number of carbonyl (C=O) groups is 1. The molecule has 25 heavy (non-hydrogen) atoms. The van der Waals surface area contributed by atoms with Crippen LogP contribution in [0.1, 0.15) is 25.0 Å². The molecule has 0 unspecified atom stereocenters. The van der Waals surface area contributed by atoms with Crippen LogP contribution < -0.4 is 10.1 Å². The lowest BCUT2D eigenvalue weighted by Crippen LogP contribution is -2.19. The van der Waals surface area contributed by atoms with Gasteiger partial charge >= 0.3 is 0 Å². The summed E-state index contributed by atoms with van der Waals surface area (Å²) in [6, 6.07) is 15.7. The highest BCUT2D eigenvalue weighted by Gasteiger charge is 2.23. The molecule has 1 heterocycles. The van der Waals surface area contributed by atoms with Crippen LogP contribution in [-0.4, -0.2) is 17.7 Å². The standard InChI is InChI=1S/C20H20N2O2S/c1-3-14-5-7-15(8-6-14)13-18-19(23)22-20(25-18)21-16-9-11-17(12-10-16)24-4-2/h5-13H,3-4H2,1-2H3,(H,21,22,23)/b18-13-. The molecule has 0 bridgehead atoms. The second-order valence-electron chi connectivity index (χ2n) is 5.50. The summed E-state index contributed by atoms with van der Waals surface area (Å²) in [4.78, 5) is 17.3. The molecule has 1 N–H and O–H groups in total. The lowest BCUT2D eigenvalue weighted by molar-refractivity contribution is -0.115. The van der Waals surface area contributed by atoms with Gasteiger partial charge in [-0.25, -0.2) is 4.99 Å². The molecule has 1 fully saturated rings. The number of ether oxygens (including phenoxy) is 1. The Morgan fingerprint density at radius 2 is 1.80 bits per heavy atom. The quantitative estimate of drug-likeness (QED) is 0.804. The first-order chi connectivity index (χ1) is 12.2. The molecule has 5 heteroatoms. The first kappa shape index (κ1) is 17.3. The van der Waals surface area contributed by atoms with Crippen LogP contribution in [0, 0.1) is 0 Å². The van der Waals surface area contributed by atoms with Crippen LogP contribution in [0.2, 0.25) is 0 Å². The molecular weight excluding hydrogens is 332 g/mol. The fourth-order valence-electron chi connectivity index (χ4n) is 2.38. The average molecular weight is 352 g/mol. The second-order valence-corrected chi connectivity index (χ2v) is 6.53. The van der Waals surface area contributed by atoms with Gasteiger partial charge in [0.25, 0.3) is 5.91 Å².